The summed E-state index contributed by atoms with van der Waals surface area (Å²) in [5.74, 6) is 0.278. The van der Waals surface area contributed by atoms with Gasteiger partial charge < -0.3 is 19.6 Å². The van der Waals surface area contributed by atoms with Crippen LogP contribution in [0, 0.1) is 5.92 Å². The third-order valence-electron chi connectivity index (χ3n) is 7.43. The maximum absolute atomic E-state index is 13.5. The van der Waals surface area contributed by atoms with E-state index in [2.05, 4.69) is 25.9 Å². The van der Waals surface area contributed by atoms with Crippen LogP contribution in [0.1, 0.15) is 58.3 Å². The molecule has 1 aliphatic heterocycles. The van der Waals surface area contributed by atoms with Gasteiger partial charge in [0.1, 0.15) is 0 Å². The van der Waals surface area contributed by atoms with Gasteiger partial charge in [-0.05, 0) is 64.0 Å². The van der Waals surface area contributed by atoms with E-state index in [1.54, 1.807) is 16.9 Å². The lowest BCUT2D eigenvalue weighted by Crippen LogP contribution is -2.45. The van der Waals surface area contributed by atoms with Crippen LogP contribution in [0.4, 0.5) is 0 Å². The zero-order valence-corrected chi connectivity index (χ0v) is 20.5. The van der Waals surface area contributed by atoms with Gasteiger partial charge in [-0.1, -0.05) is 23.7 Å². The van der Waals surface area contributed by atoms with E-state index in [-0.39, 0.29) is 23.6 Å². The topological polar surface area (TPSA) is 84.3 Å². The van der Waals surface area contributed by atoms with Crippen LogP contribution >= 0.6 is 11.6 Å². The number of benzene rings is 1. The second kappa shape index (κ2) is 7.70. The summed E-state index contributed by atoms with van der Waals surface area (Å²) in [4.78, 5) is 13.5. The third kappa shape index (κ3) is 3.73. The smallest absolute Gasteiger partial charge is 0.399 e. The zero-order valence-electron chi connectivity index (χ0n) is 19.7. The SMILES string of the molecule is C[C@H](N)c1cc2cccc(Cl)c2c(=O)n1C1CC1CC1(C)OB(c2cnn(C)c2)OC1(C)C. The zero-order chi connectivity index (χ0) is 23.7. The Morgan fingerprint density at radius 2 is 2.09 bits per heavy atom. The summed E-state index contributed by atoms with van der Waals surface area (Å²) < 4.78 is 16.4. The number of nitrogens with two attached hydrogens (primary N) is 1. The van der Waals surface area contributed by atoms with Crippen molar-refractivity contribution in [2.75, 3.05) is 0 Å². The molecule has 5 rings (SSSR count). The molecular formula is C24H30BClN4O3. The summed E-state index contributed by atoms with van der Waals surface area (Å²) >= 11 is 6.41. The lowest BCUT2D eigenvalue weighted by molar-refractivity contribution is -0.0204. The largest absolute Gasteiger partial charge is 0.498 e. The monoisotopic (exact) mass is 468 g/mol. The Balaban J connectivity index is 1.45. The first kappa shape index (κ1) is 22.7. The van der Waals surface area contributed by atoms with Gasteiger partial charge in [-0.15, -0.1) is 0 Å². The summed E-state index contributed by atoms with van der Waals surface area (Å²) in [5, 5.41) is 6.10. The van der Waals surface area contributed by atoms with E-state index in [0.29, 0.717) is 10.4 Å². The molecule has 9 heteroatoms. The second-order valence-electron chi connectivity index (χ2n) is 10.3. The van der Waals surface area contributed by atoms with Crippen LogP contribution in [-0.2, 0) is 16.4 Å². The van der Waals surface area contributed by atoms with Gasteiger partial charge in [0.05, 0.1) is 21.6 Å². The molecule has 1 aliphatic carbocycles. The minimum Gasteiger partial charge on any atom is -0.399 e. The number of fused-ring (bicyclic) bond motifs is 1. The number of pyridine rings is 1. The fourth-order valence-electron chi connectivity index (χ4n) is 5.10. The fraction of sp³-hybridized carbons (Fsp3) is 0.500. The second-order valence-corrected chi connectivity index (χ2v) is 10.7. The van der Waals surface area contributed by atoms with Crippen molar-refractivity contribution in [1.29, 1.82) is 0 Å². The average Bonchev–Trinajstić information content (AvgIpc) is 3.23. The Morgan fingerprint density at radius 3 is 2.76 bits per heavy atom. The molecule has 2 aliphatic rings. The first-order chi connectivity index (χ1) is 15.5. The minimum atomic E-state index is -0.514. The van der Waals surface area contributed by atoms with E-state index in [1.807, 2.05) is 42.9 Å². The van der Waals surface area contributed by atoms with Crippen LogP contribution in [0.5, 0.6) is 0 Å². The van der Waals surface area contributed by atoms with Crippen LogP contribution in [0.25, 0.3) is 10.8 Å². The van der Waals surface area contributed by atoms with E-state index in [9.17, 15) is 4.79 Å². The maximum atomic E-state index is 13.5. The average molecular weight is 469 g/mol. The molecular weight excluding hydrogens is 439 g/mol. The molecule has 0 radical (unpaired) electrons. The number of rotatable bonds is 5. The summed E-state index contributed by atoms with van der Waals surface area (Å²) in [5.41, 5.74) is 6.95. The van der Waals surface area contributed by atoms with Crippen molar-refractivity contribution < 1.29 is 9.31 Å². The lowest BCUT2D eigenvalue weighted by atomic mass is 9.81. The number of hydrogen-bond donors (Lipinski definition) is 1. The normalized spacial score (nSPS) is 27.3. The highest BCUT2D eigenvalue weighted by Gasteiger charge is 2.58. The molecule has 1 saturated carbocycles. The fourth-order valence-corrected chi connectivity index (χ4v) is 5.36. The van der Waals surface area contributed by atoms with Crippen LogP contribution in [0.2, 0.25) is 5.02 Å². The molecule has 33 heavy (non-hydrogen) atoms. The van der Waals surface area contributed by atoms with Crippen molar-refractivity contribution >= 4 is 35.0 Å². The van der Waals surface area contributed by atoms with Gasteiger partial charge >= 0.3 is 7.12 Å². The highest BCUT2D eigenvalue weighted by Crippen LogP contribution is 2.53. The molecule has 7 nitrogen and oxygen atoms in total. The molecule has 1 saturated heterocycles. The first-order valence-corrected chi connectivity index (χ1v) is 11.8. The predicted octanol–water partition coefficient (Wildman–Crippen LogP) is 3.34. The Bertz CT molecular complexity index is 1290. The molecule has 2 N–H and O–H groups in total. The van der Waals surface area contributed by atoms with Crippen molar-refractivity contribution in [3.05, 3.63) is 57.7 Å². The molecule has 3 unspecified atom stereocenters. The molecule has 3 aromatic rings. The van der Waals surface area contributed by atoms with Gasteiger partial charge in [0.2, 0.25) is 0 Å². The Labute approximate surface area is 198 Å². The molecule has 3 heterocycles. The molecule has 2 fully saturated rings. The summed E-state index contributed by atoms with van der Waals surface area (Å²) in [6, 6.07) is 7.33. The van der Waals surface area contributed by atoms with E-state index < -0.39 is 18.3 Å². The number of hydrogen-bond acceptors (Lipinski definition) is 5. The van der Waals surface area contributed by atoms with Crippen molar-refractivity contribution in [3.8, 4) is 0 Å². The third-order valence-corrected chi connectivity index (χ3v) is 7.75. The quantitative estimate of drug-likeness (QED) is 0.581. The number of halogens is 1. The standard InChI is InChI=1S/C24H30BClN4O3/c1-14(27)19-9-15-7-6-8-18(26)21(15)22(31)30(19)20-10-16(20)11-24(4)23(2,3)32-25(33-24)17-12-28-29(5)13-17/h6-9,12-14,16,20H,10-11,27H2,1-5H3/t14-,16?,20?,24?/m0/s1. The molecule has 0 bridgehead atoms. The van der Waals surface area contributed by atoms with Gasteiger partial charge in [0.15, 0.2) is 0 Å². The Kier molecular flexibility index (Phi) is 5.29. The maximum Gasteiger partial charge on any atom is 0.498 e. The van der Waals surface area contributed by atoms with Crippen LogP contribution in [-0.4, -0.2) is 32.7 Å². The summed E-state index contributed by atoms with van der Waals surface area (Å²) in [6.07, 6.45) is 5.36. The number of nitrogens with zero attached hydrogens (tertiary/aromatic N) is 3. The van der Waals surface area contributed by atoms with Gasteiger partial charge in [-0.25, -0.2) is 0 Å². The first-order valence-electron chi connectivity index (χ1n) is 11.4. The van der Waals surface area contributed by atoms with E-state index in [1.165, 1.54) is 0 Å². The van der Waals surface area contributed by atoms with Crippen molar-refractivity contribution in [2.45, 2.75) is 63.8 Å². The van der Waals surface area contributed by atoms with Crippen molar-refractivity contribution in [2.24, 2.45) is 18.7 Å². The molecule has 174 valence electrons. The highest BCUT2D eigenvalue weighted by molar-refractivity contribution is 6.62. The van der Waals surface area contributed by atoms with Crippen LogP contribution in [0.3, 0.4) is 0 Å². The molecule has 0 amide bonds. The van der Waals surface area contributed by atoms with Crippen LogP contribution in [0.15, 0.2) is 41.5 Å². The number of aryl methyl sites for hydroxylation is 1. The van der Waals surface area contributed by atoms with E-state index >= 15 is 0 Å². The number of aromatic nitrogens is 3. The van der Waals surface area contributed by atoms with Gasteiger partial charge in [0.25, 0.3) is 5.56 Å². The summed E-state index contributed by atoms with van der Waals surface area (Å²) in [6.45, 7) is 8.15. The van der Waals surface area contributed by atoms with Crippen molar-refractivity contribution in [3.63, 3.8) is 0 Å². The molecule has 4 atom stereocenters. The molecule has 1 aromatic carbocycles. The van der Waals surface area contributed by atoms with Gasteiger partial charge in [-0.3, -0.25) is 9.48 Å². The Hall–Kier alpha value is -2.13. The highest BCUT2D eigenvalue weighted by atomic mass is 35.5. The van der Waals surface area contributed by atoms with Crippen molar-refractivity contribution in [1.82, 2.24) is 14.3 Å². The van der Waals surface area contributed by atoms with Gasteiger partial charge in [0, 0.05) is 42.7 Å². The van der Waals surface area contributed by atoms with Crippen LogP contribution < -0.4 is 16.8 Å². The molecule has 0 spiro atoms. The summed E-state index contributed by atoms with van der Waals surface area (Å²) in [7, 11) is 1.42. The lowest BCUT2D eigenvalue weighted by Gasteiger charge is -2.36. The van der Waals surface area contributed by atoms with E-state index in [4.69, 9.17) is 26.6 Å². The minimum absolute atomic E-state index is 0.0628. The van der Waals surface area contributed by atoms with E-state index in [0.717, 1.165) is 29.4 Å². The predicted molar refractivity (Wildman–Crippen MR) is 131 cm³/mol. The molecule has 2 aromatic heterocycles. The van der Waals surface area contributed by atoms with Gasteiger partial charge in [-0.2, -0.15) is 5.10 Å². The Morgan fingerprint density at radius 1 is 1.33 bits per heavy atom.